The Morgan fingerprint density at radius 3 is 2.38 bits per heavy atom. The SMILES string of the molecule is Nc1cccc(N)c1C1=CC(=S)C(Cl)C=C1. The standard InChI is InChI=1S/C12H11ClN2S/c13-8-5-4-7(6-11(8)16)12-9(14)2-1-3-10(12)15/h1-6,8H,14-15H2. The van der Waals surface area contributed by atoms with Crippen LogP contribution in [-0.4, -0.2) is 10.2 Å². The van der Waals surface area contributed by atoms with Crippen LogP contribution in [0, 0.1) is 0 Å². The molecule has 4 heteroatoms. The first-order valence-corrected chi connectivity index (χ1v) is 5.66. The lowest BCUT2D eigenvalue weighted by molar-refractivity contribution is 1.49. The first-order valence-electron chi connectivity index (χ1n) is 4.82. The number of anilines is 2. The molecule has 1 atom stereocenters. The van der Waals surface area contributed by atoms with Crippen molar-refractivity contribution in [3.05, 3.63) is 42.0 Å². The number of thiocarbonyl (C=S) groups is 1. The third-order valence-electron chi connectivity index (χ3n) is 2.43. The van der Waals surface area contributed by atoms with E-state index in [0.29, 0.717) is 16.2 Å². The van der Waals surface area contributed by atoms with Crippen molar-refractivity contribution in [1.29, 1.82) is 0 Å². The molecule has 0 spiro atoms. The highest BCUT2D eigenvalue weighted by molar-refractivity contribution is 7.81. The highest BCUT2D eigenvalue weighted by atomic mass is 35.5. The fourth-order valence-corrected chi connectivity index (χ4v) is 1.98. The molecule has 1 aliphatic carbocycles. The van der Waals surface area contributed by atoms with Crippen molar-refractivity contribution in [2.24, 2.45) is 0 Å². The van der Waals surface area contributed by atoms with E-state index >= 15 is 0 Å². The number of allylic oxidation sites excluding steroid dienone is 4. The van der Waals surface area contributed by atoms with Crippen LogP contribution in [0.25, 0.3) is 5.57 Å². The normalized spacial score (nSPS) is 19.7. The molecule has 0 heterocycles. The number of nitrogen functional groups attached to an aromatic ring is 2. The Kier molecular flexibility index (Phi) is 2.99. The molecule has 0 saturated heterocycles. The molecule has 1 aliphatic rings. The van der Waals surface area contributed by atoms with Crippen molar-refractivity contribution in [2.75, 3.05) is 11.5 Å². The molecule has 1 unspecified atom stereocenters. The van der Waals surface area contributed by atoms with Crippen LogP contribution in [0.2, 0.25) is 0 Å². The highest BCUT2D eigenvalue weighted by Gasteiger charge is 2.15. The van der Waals surface area contributed by atoms with Gasteiger partial charge in [-0.05, 0) is 23.8 Å². The van der Waals surface area contributed by atoms with E-state index < -0.39 is 0 Å². The van der Waals surface area contributed by atoms with Crippen LogP contribution in [-0.2, 0) is 0 Å². The van der Waals surface area contributed by atoms with E-state index in [1.54, 1.807) is 0 Å². The maximum Gasteiger partial charge on any atom is 0.0870 e. The average molecular weight is 251 g/mol. The molecule has 0 saturated carbocycles. The molecule has 4 N–H and O–H groups in total. The molecule has 0 fully saturated rings. The van der Waals surface area contributed by atoms with Crippen molar-refractivity contribution in [3.8, 4) is 0 Å². The predicted octanol–water partition coefficient (Wildman–Crippen LogP) is 2.78. The van der Waals surface area contributed by atoms with Crippen molar-refractivity contribution in [1.82, 2.24) is 0 Å². The van der Waals surface area contributed by atoms with E-state index in [-0.39, 0.29) is 5.38 Å². The summed E-state index contributed by atoms with van der Waals surface area (Å²) in [7, 11) is 0. The average Bonchev–Trinajstić information content (AvgIpc) is 2.23. The number of alkyl halides is 1. The Bertz CT molecular complexity index is 485. The van der Waals surface area contributed by atoms with E-state index in [9.17, 15) is 0 Å². The van der Waals surface area contributed by atoms with Gasteiger partial charge in [-0.3, -0.25) is 0 Å². The molecule has 2 rings (SSSR count). The van der Waals surface area contributed by atoms with E-state index in [2.05, 4.69) is 0 Å². The quantitative estimate of drug-likeness (QED) is 0.458. The minimum Gasteiger partial charge on any atom is -0.398 e. The number of rotatable bonds is 1. The number of halogens is 1. The van der Waals surface area contributed by atoms with Crippen LogP contribution in [0.1, 0.15) is 5.56 Å². The zero-order chi connectivity index (χ0) is 11.7. The van der Waals surface area contributed by atoms with E-state index in [1.807, 2.05) is 36.4 Å². The predicted molar refractivity (Wildman–Crippen MR) is 74.6 cm³/mol. The summed E-state index contributed by atoms with van der Waals surface area (Å²) in [5.74, 6) is 0. The van der Waals surface area contributed by atoms with E-state index in [1.165, 1.54) is 0 Å². The second-order valence-electron chi connectivity index (χ2n) is 3.57. The molecule has 0 aliphatic heterocycles. The zero-order valence-corrected chi connectivity index (χ0v) is 10.1. The summed E-state index contributed by atoms with van der Waals surface area (Å²) < 4.78 is 0. The molecule has 0 radical (unpaired) electrons. The summed E-state index contributed by atoms with van der Waals surface area (Å²) in [6.07, 6.45) is 5.58. The number of hydrogen-bond donors (Lipinski definition) is 2. The first kappa shape index (κ1) is 11.2. The minimum absolute atomic E-state index is 0.218. The van der Waals surface area contributed by atoms with Crippen LogP contribution in [0.3, 0.4) is 0 Å². The lowest BCUT2D eigenvalue weighted by Crippen LogP contribution is -2.11. The summed E-state index contributed by atoms with van der Waals surface area (Å²) in [4.78, 5) is 0.682. The Labute approximate surface area is 105 Å². The minimum atomic E-state index is -0.218. The molecule has 2 nitrogen and oxygen atoms in total. The molecule has 16 heavy (non-hydrogen) atoms. The van der Waals surface area contributed by atoms with Gasteiger partial charge in [-0.25, -0.2) is 0 Å². The van der Waals surface area contributed by atoms with Gasteiger partial charge in [0.05, 0.1) is 5.38 Å². The third kappa shape index (κ3) is 1.96. The maximum absolute atomic E-state index is 5.96. The second-order valence-corrected chi connectivity index (χ2v) is 4.52. The lowest BCUT2D eigenvalue weighted by Gasteiger charge is -2.15. The summed E-state index contributed by atoms with van der Waals surface area (Å²) in [6.45, 7) is 0. The molecule has 0 amide bonds. The monoisotopic (exact) mass is 250 g/mol. The van der Waals surface area contributed by atoms with Gasteiger partial charge in [0.25, 0.3) is 0 Å². The molecule has 0 bridgehead atoms. The van der Waals surface area contributed by atoms with Crippen LogP contribution < -0.4 is 11.5 Å². The van der Waals surface area contributed by atoms with E-state index in [0.717, 1.165) is 11.1 Å². The fourth-order valence-electron chi connectivity index (χ4n) is 1.64. The van der Waals surface area contributed by atoms with E-state index in [4.69, 9.17) is 35.3 Å². The van der Waals surface area contributed by atoms with Gasteiger partial charge >= 0.3 is 0 Å². The summed E-state index contributed by atoms with van der Waals surface area (Å²) in [5.41, 5.74) is 14.8. The molecule has 82 valence electrons. The van der Waals surface area contributed by atoms with Gasteiger partial charge in [0, 0.05) is 21.8 Å². The summed E-state index contributed by atoms with van der Waals surface area (Å²) >= 11 is 11.1. The lowest BCUT2D eigenvalue weighted by atomic mass is 9.96. The van der Waals surface area contributed by atoms with Crippen LogP contribution in [0.15, 0.2) is 36.4 Å². The highest BCUT2D eigenvalue weighted by Crippen LogP contribution is 2.31. The molecule has 0 aromatic heterocycles. The number of nitrogens with two attached hydrogens (primary N) is 2. The largest absolute Gasteiger partial charge is 0.398 e. The topological polar surface area (TPSA) is 52.0 Å². The van der Waals surface area contributed by atoms with Gasteiger partial charge in [0.2, 0.25) is 0 Å². The fraction of sp³-hybridized carbons (Fsp3) is 0.0833. The van der Waals surface area contributed by atoms with Gasteiger partial charge in [-0.15, -0.1) is 11.6 Å². The van der Waals surface area contributed by atoms with Gasteiger partial charge < -0.3 is 11.5 Å². The summed E-state index contributed by atoms with van der Waals surface area (Å²) in [5, 5.41) is -0.218. The molecule has 1 aromatic rings. The van der Waals surface area contributed by atoms with Gasteiger partial charge in [-0.2, -0.15) is 0 Å². The van der Waals surface area contributed by atoms with Gasteiger partial charge in [0.15, 0.2) is 0 Å². The van der Waals surface area contributed by atoms with Gasteiger partial charge in [-0.1, -0.05) is 30.4 Å². The molecular formula is C12H11ClN2S. The first-order chi connectivity index (χ1) is 7.59. The Morgan fingerprint density at radius 1 is 1.19 bits per heavy atom. The Morgan fingerprint density at radius 2 is 1.81 bits per heavy atom. The van der Waals surface area contributed by atoms with Crippen LogP contribution in [0.5, 0.6) is 0 Å². The third-order valence-corrected chi connectivity index (χ3v) is 3.31. The number of hydrogen-bond acceptors (Lipinski definition) is 3. The summed E-state index contributed by atoms with van der Waals surface area (Å²) in [6, 6.07) is 5.45. The number of benzene rings is 1. The van der Waals surface area contributed by atoms with Crippen LogP contribution in [0.4, 0.5) is 11.4 Å². The Balaban J connectivity index is 2.51. The van der Waals surface area contributed by atoms with Crippen molar-refractivity contribution in [3.63, 3.8) is 0 Å². The van der Waals surface area contributed by atoms with Crippen LogP contribution >= 0.6 is 23.8 Å². The van der Waals surface area contributed by atoms with Crippen molar-refractivity contribution < 1.29 is 0 Å². The molecular weight excluding hydrogens is 240 g/mol. The smallest absolute Gasteiger partial charge is 0.0870 e. The Hall–Kier alpha value is -1.32. The maximum atomic E-state index is 5.96. The zero-order valence-electron chi connectivity index (χ0n) is 8.48. The second kappa shape index (κ2) is 4.28. The molecule has 1 aromatic carbocycles. The van der Waals surface area contributed by atoms with Gasteiger partial charge in [0.1, 0.15) is 0 Å². The van der Waals surface area contributed by atoms with Crippen molar-refractivity contribution in [2.45, 2.75) is 5.38 Å². The van der Waals surface area contributed by atoms with Crippen molar-refractivity contribution >= 4 is 45.6 Å².